The van der Waals surface area contributed by atoms with Crippen LogP contribution in [0.2, 0.25) is 0 Å². The Labute approximate surface area is 109 Å². The predicted molar refractivity (Wildman–Crippen MR) is 74.7 cm³/mol. The minimum Gasteiger partial charge on any atom is -0.335 e. The van der Waals surface area contributed by atoms with Gasteiger partial charge in [-0.2, -0.15) is 0 Å². The zero-order valence-corrected chi connectivity index (χ0v) is 11.1. The maximum absolute atomic E-state index is 12.2. The first kappa shape index (κ1) is 12.9. The molecule has 2 heteroatoms. The number of carbonyl (C=O) groups is 1. The molecule has 0 saturated heterocycles. The summed E-state index contributed by atoms with van der Waals surface area (Å²) in [4.78, 5) is 14.1. The molecule has 0 unspecified atom stereocenters. The van der Waals surface area contributed by atoms with E-state index in [9.17, 15) is 4.79 Å². The van der Waals surface area contributed by atoms with E-state index in [1.54, 1.807) is 0 Å². The van der Waals surface area contributed by atoms with Crippen molar-refractivity contribution in [3.8, 4) is 0 Å². The SMILES string of the molecule is CCCCc1ccc(C(=O)N2CC=CCC2)cc1. The lowest BCUT2D eigenvalue weighted by Crippen LogP contribution is -2.33. The normalized spacial score (nSPS) is 14.8. The first-order valence-electron chi connectivity index (χ1n) is 6.84. The third-order valence-electron chi connectivity index (χ3n) is 3.37. The lowest BCUT2D eigenvalue weighted by Gasteiger charge is -2.23. The summed E-state index contributed by atoms with van der Waals surface area (Å²) in [5, 5.41) is 0. The topological polar surface area (TPSA) is 20.3 Å². The number of aryl methyl sites for hydroxylation is 1. The van der Waals surface area contributed by atoms with Gasteiger partial charge in [-0.25, -0.2) is 0 Å². The molecule has 1 aromatic carbocycles. The van der Waals surface area contributed by atoms with E-state index in [1.807, 2.05) is 17.0 Å². The molecule has 0 atom stereocenters. The minimum atomic E-state index is 0.154. The monoisotopic (exact) mass is 243 g/mol. The molecule has 0 N–H and O–H groups in total. The Kier molecular flexibility index (Phi) is 4.57. The summed E-state index contributed by atoms with van der Waals surface area (Å²) in [6.45, 7) is 3.78. The van der Waals surface area contributed by atoms with Gasteiger partial charge in [-0.05, 0) is 37.0 Å². The number of unbranched alkanes of at least 4 members (excludes halogenated alkanes) is 1. The van der Waals surface area contributed by atoms with Crippen LogP contribution < -0.4 is 0 Å². The van der Waals surface area contributed by atoms with E-state index in [0.717, 1.165) is 31.5 Å². The Morgan fingerprint density at radius 3 is 2.61 bits per heavy atom. The lowest BCUT2D eigenvalue weighted by molar-refractivity contribution is 0.0771. The van der Waals surface area contributed by atoms with Gasteiger partial charge in [0.15, 0.2) is 0 Å². The van der Waals surface area contributed by atoms with Crippen molar-refractivity contribution >= 4 is 5.91 Å². The fourth-order valence-corrected chi connectivity index (χ4v) is 2.20. The summed E-state index contributed by atoms with van der Waals surface area (Å²) in [5.74, 6) is 0.154. The zero-order chi connectivity index (χ0) is 12.8. The molecule has 0 aliphatic carbocycles. The van der Waals surface area contributed by atoms with E-state index in [0.29, 0.717) is 0 Å². The van der Waals surface area contributed by atoms with Gasteiger partial charge in [0.2, 0.25) is 0 Å². The van der Waals surface area contributed by atoms with Crippen LogP contribution in [0.1, 0.15) is 42.1 Å². The van der Waals surface area contributed by atoms with Crippen LogP contribution in [-0.2, 0) is 6.42 Å². The van der Waals surface area contributed by atoms with Crippen molar-refractivity contribution in [1.82, 2.24) is 4.90 Å². The zero-order valence-electron chi connectivity index (χ0n) is 11.1. The summed E-state index contributed by atoms with van der Waals surface area (Å²) in [6.07, 6.45) is 8.71. The van der Waals surface area contributed by atoms with Gasteiger partial charge in [0.25, 0.3) is 5.91 Å². The lowest BCUT2D eigenvalue weighted by atomic mass is 10.1. The molecule has 1 aliphatic heterocycles. The first-order chi connectivity index (χ1) is 8.81. The third-order valence-corrected chi connectivity index (χ3v) is 3.37. The highest BCUT2D eigenvalue weighted by molar-refractivity contribution is 5.94. The van der Waals surface area contributed by atoms with Crippen molar-refractivity contribution in [2.24, 2.45) is 0 Å². The molecule has 0 aromatic heterocycles. The van der Waals surface area contributed by atoms with Crippen LogP contribution in [0.15, 0.2) is 36.4 Å². The Morgan fingerprint density at radius 1 is 1.22 bits per heavy atom. The number of rotatable bonds is 4. The van der Waals surface area contributed by atoms with Gasteiger partial charge in [-0.1, -0.05) is 37.6 Å². The summed E-state index contributed by atoms with van der Waals surface area (Å²) >= 11 is 0. The van der Waals surface area contributed by atoms with E-state index in [2.05, 4.69) is 31.2 Å². The molecule has 1 aliphatic rings. The summed E-state index contributed by atoms with van der Waals surface area (Å²) < 4.78 is 0. The summed E-state index contributed by atoms with van der Waals surface area (Å²) in [7, 11) is 0. The highest BCUT2D eigenvalue weighted by Gasteiger charge is 2.15. The van der Waals surface area contributed by atoms with Crippen molar-refractivity contribution in [1.29, 1.82) is 0 Å². The quantitative estimate of drug-likeness (QED) is 0.742. The molecule has 1 heterocycles. The first-order valence-corrected chi connectivity index (χ1v) is 6.84. The van der Waals surface area contributed by atoms with E-state index < -0.39 is 0 Å². The standard InChI is InChI=1S/C16H21NO/c1-2-3-7-14-8-10-15(11-9-14)16(18)17-12-5-4-6-13-17/h4-5,8-11H,2-3,6-7,12-13H2,1H3. The Hall–Kier alpha value is -1.57. The molecule has 0 fully saturated rings. The molecular weight excluding hydrogens is 222 g/mol. The van der Waals surface area contributed by atoms with Crippen molar-refractivity contribution < 1.29 is 4.79 Å². The molecule has 0 radical (unpaired) electrons. The second kappa shape index (κ2) is 6.39. The Balaban J connectivity index is 2.00. The molecule has 0 spiro atoms. The molecule has 96 valence electrons. The number of benzene rings is 1. The van der Waals surface area contributed by atoms with Crippen LogP contribution in [0, 0.1) is 0 Å². The number of nitrogens with zero attached hydrogens (tertiary/aromatic N) is 1. The second-order valence-electron chi connectivity index (χ2n) is 4.81. The third kappa shape index (κ3) is 3.22. The van der Waals surface area contributed by atoms with Crippen LogP contribution in [0.25, 0.3) is 0 Å². The van der Waals surface area contributed by atoms with Crippen LogP contribution in [0.3, 0.4) is 0 Å². The maximum Gasteiger partial charge on any atom is 0.254 e. The van der Waals surface area contributed by atoms with E-state index >= 15 is 0 Å². The predicted octanol–water partition coefficient (Wildman–Crippen LogP) is 3.43. The largest absolute Gasteiger partial charge is 0.335 e. The fourth-order valence-electron chi connectivity index (χ4n) is 2.20. The highest BCUT2D eigenvalue weighted by Crippen LogP contribution is 2.12. The van der Waals surface area contributed by atoms with Gasteiger partial charge < -0.3 is 4.90 Å². The van der Waals surface area contributed by atoms with E-state index in [4.69, 9.17) is 0 Å². The Morgan fingerprint density at radius 2 is 2.00 bits per heavy atom. The number of carbonyl (C=O) groups excluding carboxylic acids is 1. The van der Waals surface area contributed by atoms with Crippen LogP contribution in [-0.4, -0.2) is 23.9 Å². The molecule has 2 nitrogen and oxygen atoms in total. The average Bonchev–Trinajstić information content (AvgIpc) is 2.46. The molecule has 18 heavy (non-hydrogen) atoms. The van der Waals surface area contributed by atoms with E-state index in [-0.39, 0.29) is 5.91 Å². The van der Waals surface area contributed by atoms with Crippen LogP contribution >= 0.6 is 0 Å². The average molecular weight is 243 g/mol. The summed E-state index contributed by atoms with van der Waals surface area (Å²) in [6, 6.07) is 8.10. The maximum atomic E-state index is 12.2. The van der Waals surface area contributed by atoms with Crippen molar-refractivity contribution in [2.75, 3.05) is 13.1 Å². The molecule has 1 amide bonds. The fraction of sp³-hybridized carbons (Fsp3) is 0.438. The number of hydrogen-bond donors (Lipinski definition) is 0. The van der Waals surface area contributed by atoms with Crippen LogP contribution in [0.5, 0.6) is 0 Å². The van der Waals surface area contributed by atoms with Gasteiger partial charge in [0, 0.05) is 18.7 Å². The van der Waals surface area contributed by atoms with Crippen molar-refractivity contribution in [2.45, 2.75) is 32.6 Å². The molecule has 1 aromatic rings. The molecular formula is C16H21NO. The van der Waals surface area contributed by atoms with Gasteiger partial charge in [-0.3, -0.25) is 4.79 Å². The van der Waals surface area contributed by atoms with Gasteiger partial charge in [0.1, 0.15) is 0 Å². The summed E-state index contributed by atoms with van der Waals surface area (Å²) in [5.41, 5.74) is 2.14. The Bertz CT molecular complexity index is 419. The number of hydrogen-bond acceptors (Lipinski definition) is 1. The smallest absolute Gasteiger partial charge is 0.254 e. The van der Waals surface area contributed by atoms with Gasteiger partial charge >= 0.3 is 0 Å². The van der Waals surface area contributed by atoms with Crippen molar-refractivity contribution in [3.63, 3.8) is 0 Å². The van der Waals surface area contributed by atoms with Gasteiger partial charge in [-0.15, -0.1) is 0 Å². The minimum absolute atomic E-state index is 0.154. The van der Waals surface area contributed by atoms with Crippen molar-refractivity contribution in [3.05, 3.63) is 47.5 Å². The molecule has 0 saturated carbocycles. The van der Waals surface area contributed by atoms with E-state index in [1.165, 1.54) is 18.4 Å². The van der Waals surface area contributed by atoms with Crippen LogP contribution in [0.4, 0.5) is 0 Å². The number of amides is 1. The second-order valence-corrected chi connectivity index (χ2v) is 4.81. The molecule has 0 bridgehead atoms. The van der Waals surface area contributed by atoms with Gasteiger partial charge in [0.05, 0.1) is 0 Å². The molecule has 2 rings (SSSR count). The highest BCUT2D eigenvalue weighted by atomic mass is 16.2.